The van der Waals surface area contributed by atoms with Gasteiger partial charge in [-0.2, -0.15) is 0 Å². The summed E-state index contributed by atoms with van der Waals surface area (Å²) < 4.78 is 0. The molecule has 1 aromatic carbocycles. The molecule has 2 rings (SSSR count). The Kier molecular flexibility index (Phi) is 4.82. The van der Waals surface area contributed by atoms with Crippen molar-refractivity contribution >= 4 is 15.9 Å². The summed E-state index contributed by atoms with van der Waals surface area (Å²) in [6.07, 6.45) is 2.42. The fourth-order valence-electron chi connectivity index (χ4n) is 2.20. The van der Waals surface area contributed by atoms with Crippen LogP contribution in [0.25, 0.3) is 0 Å². The normalized spacial score (nSPS) is 17.9. The Labute approximate surface area is 117 Å². The van der Waals surface area contributed by atoms with Crippen molar-refractivity contribution in [3.8, 4) is 11.8 Å². The maximum absolute atomic E-state index is 10.6. The minimum absolute atomic E-state index is 0.660. The number of aliphatic hydroxyl groups is 1. The molecule has 1 fully saturated rings. The molecule has 0 bridgehead atoms. The third-order valence-corrected chi connectivity index (χ3v) is 3.70. The van der Waals surface area contributed by atoms with Gasteiger partial charge >= 0.3 is 0 Å². The minimum atomic E-state index is -0.660. The van der Waals surface area contributed by atoms with Crippen LogP contribution in [0.15, 0.2) is 24.3 Å². The average Bonchev–Trinajstić information content (AvgIpc) is 2.41. The summed E-state index contributed by atoms with van der Waals surface area (Å²) in [6, 6.07) is 8.00. The molecular formula is C15H18BrNO. The van der Waals surface area contributed by atoms with Crippen molar-refractivity contribution in [3.05, 3.63) is 35.4 Å². The van der Waals surface area contributed by atoms with Gasteiger partial charge in [-0.1, -0.05) is 39.9 Å². The van der Waals surface area contributed by atoms with E-state index in [0.717, 1.165) is 48.8 Å². The van der Waals surface area contributed by atoms with E-state index in [1.807, 2.05) is 24.3 Å². The van der Waals surface area contributed by atoms with Crippen molar-refractivity contribution in [3.63, 3.8) is 0 Å². The summed E-state index contributed by atoms with van der Waals surface area (Å²) in [6.45, 7) is 1.76. The number of halogens is 1. The largest absolute Gasteiger partial charge is 0.385 e. The molecule has 1 aliphatic rings. The number of hydrogen-bond donors (Lipinski definition) is 2. The van der Waals surface area contributed by atoms with Gasteiger partial charge in [0.05, 0.1) is 5.60 Å². The first-order valence-corrected chi connectivity index (χ1v) is 7.45. The van der Waals surface area contributed by atoms with Crippen LogP contribution in [0.2, 0.25) is 0 Å². The molecule has 1 aromatic rings. The van der Waals surface area contributed by atoms with E-state index < -0.39 is 5.60 Å². The van der Waals surface area contributed by atoms with Crippen LogP contribution in [0.5, 0.6) is 0 Å². The van der Waals surface area contributed by atoms with Crippen molar-refractivity contribution in [1.29, 1.82) is 0 Å². The van der Waals surface area contributed by atoms with E-state index in [0.29, 0.717) is 0 Å². The summed E-state index contributed by atoms with van der Waals surface area (Å²) in [5.41, 5.74) is 1.36. The van der Waals surface area contributed by atoms with Gasteiger partial charge in [0.2, 0.25) is 0 Å². The van der Waals surface area contributed by atoms with Gasteiger partial charge in [0.15, 0.2) is 0 Å². The Hall–Kier alpha value is -0.820. The molecule has 0 aliphatic carbocycles. The fourth-order valence-corrected chi connectivity index (χ4v) is 2.40. The molecule has 2 N–H and O–H groups in total. The van der Waals surface area contributed by atoms with Crippen molar-refractivity contribution in [1.82, 2.24) is 5.32 Å². The van der Waals surface area contributed by atoms with Gasteiger partial charge in [0.1, 0.15) is 0 Å². The molecule has 2 nitrogen and oxygen atoms in total. The zero-order chi connectivity index (χ0) is 12.8. The smallest absolute Gasteiger partial charge is 0.0920 e. The highest BCUT2D eigenvalue weighted by Gasteiger charge is 2.30. The molecule has 18 heavy (non-hydrogen) atoms. The van der Waals surface area contributed by atoms with Gasteiger partial charge in [-0.25, -0.2) is 0 Å². The van der Waals surface area contributed by atoms with E-state index in [-0.39, 0.29) is 0 Å². The summed E-state index contributed by atoms with van der Waals surface area (Å²) >= 11 is 3.35. The molecule has 0 saturated carbocycles. The van der Waals surface area contributed by atoms with Gasteiger partial charge in [0.25, 0.3) is 0 Å². The van der Waals surface area contributed by atoms with Crippen LogP contribution in [0.4, 0.5) is 0 Å². The Morgan fingerprint density at radius 1 is 1.22 bits per heavy atom. The van der Waals surface area contributed by atoms with Crippen molar-refractivity contribution < 1.29 is 5.11 Å². The predicted octanol–water partition coefficient (Wildman–Crippen LogP) is 2.39. The van der Waals surface area contributed by atoms with E-state index in [1.54, 1.807) is 0 Å². The van der Waals surface area contributed by atoms with Crippen LogP contribution in [0.3, 0.4) is 0 Å². The lowest BCUT2D eigenvalue weighted by molar-refractivity contribution is 0.00594. The van der Waals surface area contributed by atoms with Crippen LogP contribution in [0, 0.1) is 11.8 Å². The van der Waals surface area contributed by atoms with E-state index in [9.17, 15) is 5.11 Å². The second kappa shape index (κ2) is 6.38. The number of hydrogen-bond acceptors (Lipinski definition) is 2. The predicted molar refractivity (Wildman–Crippen MR) is 77.7 cm³/mol. The molecule has 0 amide bonds. The van der Waals surface area contributed by atoms with Crippen LogP contribution < -0.4 is 5.32 Å². The lowest BCUT2D eigenvalue weighted by Crippen LogP contribution is -2.39. The van der Waals surface area contributed by atoms with E-state index >= 15 is 0 Å². The molecule has 0 unspecified atom stereocenters. The van der Waals surface area contributed by atoms with Gasteiger partial charge in [0, 0.05) is 17.3 Å². The maximum Gasteiger partial charge on any atom is 0.0920 e. The van der Waals surface area contributed by atoms with Gasteiger partial charge in [-0.15, -0.1) is 0 Å². The molecule has 0 atom stereocenters. The number of rotatable bonds is 2. The monoisotopic (exact) mass is 307 g/mol. The Morgan fingerprint density at radius 2 is 1.89 bits per heavy atom. The number of alkyl halides is 1. The topological polar surface area (TPSA) is 32.3 Å². The highest BCUT2D eigenvalue weighted by Crippen LogP contribution is 2.30. The number of nitrogens with one attached hydrogen (secondary N) is 1. The summed E-state index contributed by atoms with van der Waals surface area (Å²) in [7, 11) is 0. The quantitative estimate of drug-likeness (QED) is 0.649. The van der Waals surface area contributed by atoms with E-state index in [2.05, 4.69) is 33.1 Å². The molecule has 0 spiro atoms. The second-order valence-corrected chi connectivity index (χ2v) is 5.39. The molecule has 0 radical (unpaired) electrons. The summed E-state index contributed by atoms with van der Waals surface area (Å²) in [5, 5.41) is 14.7. The summed E-state index contributed by atoms with van der Waals surface area (Å²) in [5.74, 6) is 6.20. The van der Waals surface area contributed by atoms with Crippen LogP contribution >= 0.6 is 15.9 Å². The lowest BCUT2D eigenvalue weighted by Gasteiger charge is -2.33. The van der Waals surface area contributed by atoms with Gasteiger partial charge in [-0.05, 0) is 43.6 Å². The maximum atomic E-state index is 10.6. The van der Waals surface area contributed by atoms with E-state index in [4.69, 9.17) is 0 Å². The van der Waals surface area contributed by atoms with Gasteiger partial charge < -0.3 is 10.4 Å². The van der Waals surface area contributed by atoms with Crippen molar-refractivity contribution in [2.45, 2.75) is 24.9 Å². The first-order chi connectivity index (χ1) is 8.74. The molecule has 96 valence electrons. The van der Waals surface area contributed by atoms with Crippen LogP contribution in [-0.4, -0.2) is 23.5 Å². The third-order valence-electron chi connectivity index (χ3n) is 3.31. The summed E-state index contributed by atoms with van der Waals surface area (Å²) in [4.78, 5) is 0. The first kappa shape index (κ1) is 13.6. The lowest BCUT2D eigenvalue weighted by atomic mass is 9.85. The molecule has 1 saturated heterocycles. The molecule has 1 aliphatic heterocycles. The zero-order valence-electron chi connectivity index (χ0n) is 10.4. The molecular weight excluding hydrogens is 290 g/mol. The average molecular weight is 308 g/mol. The highest BCUT2D eigenvalue weighted by molar-refractivity contribution is 9.09. The van der Waals surface area contributed by atoms with Crippen LogP contribution in [0.1, 0.15) is 30.4 Å². The highest BCUT2D eigenvalue weighted by atomic mass is 79.9. The molecule has 3 heteroatoms. The Morgan fingerprint density at radius 3 is 2.50 bits per heavy atom. The van der Waals surface area contributed by atoms with Gasteiger partial charge in [-0.3, -0.25) is 0 Å². The first-order valence-electron chi connectivity index (χ1n) is 6.33. The van der Waals surface area contributed by atoms with Crippen molar-refractivity contribution in [2.75, 3.05) is 18.4 Å². The standard InChI is InChI=1S/C15H18BrNO/c16-10-2-1-3-13-4-6-14(7-5-13)15(18)8-11-17-12-9-15/h4-7,17-18H,2,8-12H2. The zero-order valence-corrected chi connectivity index (χ0v) is 12.0. The Bertz CT molecular complexity index is 438. The molecule has 0 aromatic heterocycles. The molecule has 1 heterocycles. The van der Waals surface area contributed by atoms with E-state index in [1.165, 1.54) is 0 Å². The fraction of sp³-hybridized carbons (Fsp3) is 0.467. The SMILES string of the molecule is OC1(c2ccc(C#CCCBr)cc2)CCNCC1. The number of piperidine rings is 1. The van der Waals surface area contributed by atoms with Crippen LogP contribution in [-0.2, 0) is 5.60 Å². The number of benzene rings is 1. The second-order valence-electron chi connectivity index (χ2n) is 4.60. The third kappa shape index (κ3) is 3.35. The minimum Gasteiger partial charge on any atom is -0.385 e. The Balaban J connectivity index is 2.10. The van der Waals surface area contributed by atoms with Crippen molar-refractivity contribution in [2.24, 2.45) is 0 Å².